The van der Waals surface area contributed by atoms with Crippen molar-refractivity contribution in [3.8, 4) is 11.5 Å². The number of benzene rings is 2. The van der Waals surface area contributed by atoms with Gasteiger partial charge in [-0.2, -0.15) is 0 Å². The smallest absolute Gasteiger partial charge is 0.265 e. The first-order chi connectivity index (χ1) is 13.9. The molecule has 0 atom stereocenters. The molecule has 1 N–H and O–H groups in total. The molecule has 6 nitrogen and oxygen atoms in total. The molecule has 0 saturated carbocycles. The molecule has 8 heteroatoms. The molecule has 2 amide bonds. The average Bonchev–Trinajstić information content (AvgIpc) is 2.93. The van der Waals surface area contributed by atoms with E-state index in [4.69, 9.17) is 21.7 Å². The second-order valence-electron chi connectivity index (χ2n) is 6.36. The second-order valence-corrected chi connectivity index (χ2v) is 8.03. The molecule has 1 aliphatic heterocycles. The lowest BCUT2D eigenvalue weighted by molar-refractivity contribution is -0.121. The quantitative estimate of drug-likeness (QED) is 0.557. The number of thioether (sulfide) groups is 1. The molecule has 3 rings (SSSR count). The number of likely N-dealkylation sites (N-methyl/N-ethyl adjacent to an activating group) is 1. The van der Waals surface area contributed by atoms with Crippen molar-refractivity contribution in [2.75, 3.05) is 26.1 Å². The number of nitrogens with zero attached hydrogens (tertiary/aromatic N) is 1. The van der Waals surface area contributed by atoms with Crippen LogP contribution in [0.25, 0.3) is 6.08 Å². The van der Waals surface area contributed by atoms with Crippen molar-refractivity contribution >= 4 is 51.9 Å². The summed E-state index contributed by atoms with van der Waals surface area (Å²) in [6.07, 6.45) is 1.75. The molecule has 0 unspecified atom stereocenters. The van der Waals surface area contributed by atoms with Crippen LogP contribution in [0.5, 0.6) is 11.5 Å². The molecule has 0 radical (unpaired) electrons. The van der Waals surface area contributed by atoms with Gasteiger partial charge < -0.3 is 14.8 Å². The fraction of sp³-hybridized carbons (Fsp3) is 0.190. The highest BCUT2D eigenvalue weighted by molar-refractivity contribution is 8.26. The van der Waals surface area contributed by atoms with Gasteiger partial charge in [-0.1, -0.05) is 42.2 Å². The van der Waals surface area contributed by atoms with Crippen LogP contribution in [-0.4, -0.2) is 41.8 Å². The van der Waals surface area contributed by atoms with E-state index in [9.17, 15) is 9.59 Å². The zero-order valence-electron chi connectivity index (χ0n) is 16.2. The Bertz CT molecular complexity index is 1000. The van der Waals surface area contributed by atoms with E-state index in [1.165, 1.54) is 23.8 Å². The Morgan fingerprint density at radius 2 is 2.03 bits per heavy atom. The van der Waals surface area contributed by atoms with Gasteiger partial charge in [0.05, 0.1) is 12.0 Å². The second kappa shape index (κ2) is 9.11. The molecule has 0 aliphatic carbocycles. The Labute approximate surface area is 178 Å². The number of carbonyl (C=O) groups is 2. The zero-order valence-corrected chi connectivity index (χ0v) is 17.9. The molecule has 1 heterocycles. The van der Waals surface area contributed by atoms with Crippen LogP contribution >= 0.6 is 24.0 Å². The van der Waals surface area contributed by atoms with E-state index in [0.717, 1.165) is 11.1 Å². The first-order valence-corrected chi connectivity index (χ1v) is 9.99. The third kappa shape index (κ3) is 5.16. The third-order valence-electron chi connectivity index (χ3n) is 4.13. The fourth-order valence-corrected chi connectivity index (χ4v) is 3.83. The maximum absolute atomic E-state index is 12.1. The first kappa shape index (κ1) is 20.9. The minimum absolute atomic E-state index is 0.132. The van der Waals surface area contributed by atoms with E-state index in [-0.39, 0.29) is 18.4 Å². The molecule has 1 saturated heterocycles. The number of hydrogen-bond acceptors (Lipinski definition) is 6. The minimum atomic E-state index is -0.270. The summed E-state index contributed by atoms with van der Waals surface area (Å²) in [6, 6.07) is 12.8. The van der Waals surface area contributed by atoms with Crippen LogP contribution in [0.15, 0.2) is 47.4 Å². The van der Waals surface area contributed by atoms with Gasteiger partial charge in [-0.25, -0.2) is 0 Å². The average molecular weight is 429 g/mol. The van der Waals surface area contributed by atoms with Crippen LogP contribution < -0.4 is 14.8 Å². The molecule has 0 aromatic heterocycles. The van der Waals surface area contributed by atoms with Gasteiger partial charge in [0.2, 0.25) is 0 Å². The van der Waals surface area contributed by atoms with E-state index in [0.29, 0.717) is 26.4 Å². The topological polar surface area (TPSA) is 67.9 Å². The molecule has 150 valence electrons. The van der Waals surface area contributed by atoms with Crippen LogP contribution in [0.4, 0.5) is 5.69 Å². The predicted molar refractivity (Wildman–Crippen MR) is 119 cm³/mol. The van der Waals surface area contributed by atoms with Crippen molar-refractivity contribution in [1.82, 2.24) is 4.90 Å². The van der Waals surface area contributed by atoms with Gasteiger partial charge in [0.15, 0.2) is 18.1 Å². The van der Waals surface area contributed by atoms with Gasteiger partial charge in [0.25, 0.3) is 11.8 Å². The van der Waals surface area contributed by atoms with Crippen molar-refractivity contribution < 1.29 is 19.1 Å². The van der Waals surface area contributed by atoms with E-state index in [1.54, 1.807) is 31.3 Å². The molecule has 1 aliphatic rings. The number of carbonyl (C=O) groups excluding carboxylic acids is 2. The first-order valence-electron chi connectivity index (χ1n) is 8.76. The van der Waals surface area contributed by atoms with Crippen LogP contribution in [0.2, 0.25) is 0 Å². The highest BCUT2D eigenvalue weighted by Gasteiger charge is 2.28. The summed E-state index contributed by atoms with van der Waals surface area (Å²) in [5, 5.41) is 2.79. The number of rotatable bonds is 6. The largest absolute Gasteiger partial charge is 0.493 e. The van der Waals surface area contributed by atoms with Crippen molar-refractivity contribution in [2.45, 2.75) is 6.92 Å². The number of ether oxygens (including phenoxy) is 2. The minimum Gasteiger partial charge on any atom is -0.493 e. The summed E-state index contributed by atoms with van der Waals surface area (Å²) < 4.78 is 11.5. The number of thiocarbonyl (C=S) groups is 1. The predicted octanol–water partition coefficient (Wildman–Crippen LogP) is 3.85. The maximum Gasteiger partial charge on any atom is 0.265 e. The Morgan fingerprint density at radius 1 is 1.24 bits per heavy atom. The van der Waals surface area contributed by atoms with Crippen LogP contribution in [0.3, 0.4) is 0 Å². The Kier molecular flexibility index (Phi) is 6.56. The van der Waals surface area contributed by atoms with E-state index < -0.39 is 0 Å². The summed E-state index contributed by atoms with van der Waals surface area (Å²) in [6.45, 7) is 1.80. The van der Waals surface area contributed by atoms with Crippen molar-refractivity contribution in [1.29, 1.82) is 0 Å². The van der Waals surface area contributed by atoms with Gasteiger partial charge in [0.1, 0.15) is 4.32 Å². The van der Waals surface area contributed by atoms with Crippen LogP contribution in [0, 0.1) is 6.92 Å². The van der Waals surface area contributed by atoms with Gasteiger partial charge in [-0.3, -0.25) is 14.5 Å². The number of nitrogens with one attached hydrogen (secondary N) is 1. The van der Waals surface area contributed by atoms with Gasteiger partial charge in [-0.05, 0) is 48.4 Å². The van der Waals surface area contributed by atoms with E-state index in [1.807, 2.05) is 31.2 Å². The molecule has 29 heavy (non-hydrogen) atoms. The third-order valence-corrected chi connectivity index (χ3v) is 5.62. The van der Waals surface area contributed by atoms with E-state index >= 15 is 0 Å². The highest BCUT2D eigenvalue weighted by Crippen LogP contribution is 2.34. The lowest BCUT2D eigenvalue weighted by Gasteiger charge is -2.12. The molecule has 2 aromatic carbocycles. The van der Waals surface area contributed by atoms with Crippen molar-refractivity contribution in [3.63, 3.8) is 0 Å². The summed E-state index contributed by atoms with van der Waals surface area (Å²) in [5.74, 6) is 0.502. The van der Waals surface area contributed by atoms with Crippen LogP contribution in [0.1, 0.15) is 11.1 Å². The molecular formula is C21H20N2O4S2. The van der Waals surface area contributed by atoms with Gasteiger partial charge in [0, 0.05) is 12.7 Å². The summed E-state index contributed by atoms with van der Waals surface area (Å²) in [5.41, 5.74) is 2.54. The molecule has 0 spiro atoms. The van der Waals surface area contributed by atoms with Gasteiger partial charge in [-0.15, -0.1) is 0 Å². The zero-order chi connectivity index (χ0) is 21.0. The SMILES string of the molecule is COc1cc(/C=C2\SC(=S)N(C)C2=O)ccc1OCC(=O)Nc1cccc(C)c1. The number of methoxy groups -OCH3 is 1. The standard InChI is InChI=1S/C21H20N2O4S2/c1-13-5-4-6-15(9-13)22-19(24)12-27-16-8-7-14(10-17(16)26-3)11-18-20(25)23(2)21(28)29-18/h4-11H,12H2,1-3H3,(H,22,24)/b18-11-. The number of hydrogen-bond donors (Lipinski definition) is 1. The molecule has 0 bridgehead atoms. The number of amides is 2. The Hall–Kier alpha value is -2.84. The number of anilines is 1. The summed E-state index contributed by atoms with van der Waals surface area (Å²) >= 11 is 6.39. The molecular weight excluding hydrogens is 408 g/mol. The number of aryl methyl sites for hydroxylation is 1. The normalized spacial score (nSPS) is 15.0. The fourth-order valence-electron chi connectivity index (χ4n) is 2.65. The summed E-state index contributed by atoms with van der Waals surface area (Å²) in [7, 11) is 3.17. The molecule has 1 fully saturated rings. The van der Waals surface area contributed by atoms with Crippen molar-refractivity contribution in [2.24, 2.45) is 0 Å². The highest BCUT2D eigenvalue weighted by atomic mass is 32.2. The van der Waals surface area contributed by atoms with Crippen LogP contribution in [-0.2, 0) is 9.59 Å². The van der Waals surface area contributed by atoms with E-state index in [2.05, 4.69) is 5.32 Å². The van der Waals surface area contributed by atoms with Gasteiger partial charge >= 0.3 is 0 Å². The Morgan fingerprint density at radius 3 is 2.69 bits per heavy atom. The molecule has 2 aromatic rings. The monoisotopic (exact) mass is 428 g/mol. The summed E-state index contributed by atoms with van der Waals surface area (Å²) in [4.78, 5) is 26.3. The maximum atomic E-state index is 12.1. The lowest BCUT2D eigenvalue weighted by Crippen LogP contribution is -2.22. The Balaban J connectivity index is 1.67. The lowest BCUT2D eigenvalue weighted by atomic mass is 10.2. The van der Waals surface area contributed by atoms with Crippen molar-refractivity contribution in [3.05, 3.63) is 58.5 Å².